The van der Waals surface area contributed by atoms with Gasteiger partial charge in [0.15, 0.2) is 0 Å². The van der Waals surface area contributed by atoms with Crippen molar-refractivity contribution in [3.63, 3.8) is 0 Å². The van der Waals surface area contributed by atoms with Crippen LogP contribution in [0.25, 0.3) is 0 Å². The molecule has 0 radical (unpaired) electrons. The molecule has 2 saturated heterocycles. The number of ether oxygens (including phenoxy) is 1. The van der Waals surface area contributed by atoms with E-state index in [-0.39, 0.29) is 17.5 Å². The lowest BCUT2D eigenvalue weighted by Crippen LogP contribution is -2.55. The zero-order valence-corrected chi connectivity index (χ0v) is 14.4. The fraction of sp³-hybridized carbons (Fsp3) is 0.409. The Bertz CT molecular complexity index is 803. The van der Waals surface area contributed by atoms with Crippen LogP contribution in [-0.4, -0.2) is 30.1 Å². The summed E-state index contributed by atoms with van der Waals surface area (Å²) >= 11 is 0. The van der Waals surface area contributed by atoms with Crippen molar-refractivity contribution < 1.29 is 9.53 Å². The number of likely N-dealkylation sites (tertiary alicyclic amines) is 1. The van der Waals surface area contributed by atoms with Crippen molar-refractivity contribution in [3.05, 3.63) is 71.3 Å². The summed E-state index contributed by atoms with van der Waals surface area (Å²) in [6.45, 7) is 2.80. The van der Waals surface area contributed by atoms with Crippen LogP contribution in [0.15, 0.2) is 54.6 Å². The summed E-state index contributed by atoms with van der Waals surface area (Å²) in [5.74, 6) is 0.316. The zero-order valence-electron chi connectivity index (χ0n) is 14.4. The predicted molar refractivity (Wildman–Crippen MR) is 96.1 cm³/mol. The van der Waals surface area contributed by atoms with Crippen molar-refractivity contribution in [1.82, 2.24) is 4.90 Å². The number of carbonyl (C=O) groups is 1. The molecule has 0 unspecified atom stereocenters. The van der Waals surface area contributed by atoms with E-state index < -0.39 is 0 Å². The number of hydrogen-bond donors (Lipinski definition) is 0. The molecule has 3 aliphatic rings. The van der Waals surface area contributed by atoms with Gasteiger partial charge >= 0.3 is 5.97 Å². The molecule has 2 aromatic rings. The predicted octanol–water partition coefficient (Wildman–Crippen LogP) is 3.32. The number of benzene rings is 2. The average Bonchev–Trinajstić information content (AvgIpc) is 3.18. The molecule has 2 heterocycles. The van der Waals surface area contributed by atoms with Crippen molar-refractivity contribution in [2.24, 2.45) is 5.92 Å². The number of piperidine rings is 1. The number of carbonyl (C=O) groups excluding carboxylic acids is 1. The lowest BCUT2D eigenvalue weighted by molar-refractivity contribution is -0.143. The first-order valence-electron chi connectivity index (χ1n) is 9.29. The fourth-order valence-corrected chi connectivity index (χ4v) is 5.39. The summed E-state index contributed by atoms with van der Waals surface area (Å²) < 4.78 is 5.75. The van der Waals surface area contributed by atoms with Crippen molar-refractivity contribution in [3.8, 4) is 0 Å². The van der Waals surface area contributed by atoms with Crippen molar-refractivity contribution >= 4 is 5.97 Å². The van der Waals surface area contributed by atoms with Crippen LogP contribution in [0, 0.1) is 5.92 Å². The van der Waals surface area contributed by atoms with E-state index in [4.69, 9.17) is 4.74 Å². The Kier molecular flexibility index (Phi) is 3.46. The van der Waals surface area contributed by atoms with Crippen LogP contribution < -0.4 is 0 Å². The number of fused-ring (bicyclic) bond motifs is 4. The molecule has 5 rings (SSSR count). The Morgan fingerprint density at radius 2 is 1.88 bits per heavy atom. The third-order valence-corrected chi connectivity index (χ3v) is 6.42. The smallest absolute Gasteiger partial charge is 0.306 e. The second-order valence-electron chi connectivity index (χ2n) is 7.81. The Labute approximate surface area is 148 Å². The van der Waals surface area contributed by atoms with Gasteiger partial charge in [-0.1, -0.05) is 54.6 Å². The molecule has 2 aromatic carbocycles. The summed E-state index contributed by atoms with van der Waals surface area (Å²) in [6, 6.07) is 19.4. The van der Waals surface area contributed by atoms with Gasteiger partial charge in [0, 0.05) is 31.0 Å². The normalized spacial score (nSPS) is 31.0. The number of esters is 1. The van der Waals surface area contributed by atoms with E-state index in [9.17, 15) is 4.79 Å². The van der Waals surface area contributed by atoms with Crippen LogP contribution >= 0.6 is 0 Å². The quantitative estimate of drug-likeness (QED) is 0.790. The monoisotopic (exact) mass is 333 g/mol. The average molecular weight is 333 g/mol. The second-order valence-corrected chi connectivity index (χ2v) is 7.81. The highest BCUT2D eigenvalue weighted by atomic mass is 16.6. The SMILES string of the molecule is O=C1C[C@H]2[C@H](CN(Cc3ccccc3)C[C@@]23CCc2ccccc23)O1. The molecule has 2 aliphatic heterocycles. The van der Waals surface area contributed by atoms with E-state index in [1.165, 1.54) is 16.7 Å². The van der Waals surface area contributed by atoms with Gasteiger partial charge in [0.25, 0.3) is 0 Å². The van der Waals surface area contributed by atoms with Gasteiger partial charge in [-0.3, -0.25) is 9.69 Å². The van der Waals surface area contributed by atoms with Crippen molar-refractivity contribution in [2.75, 3.05) is 13.1 Å². The molecule has 0 bridgehead atoms. The number of hydrogen-bond acceptors (Lipinski definition) is 3. The van der Waals surface area contributed by atoms with Crippen molar-refractivity contribution in [2.45, 2.75) is 37.3 Å². The van der Waals surface area contributed by atoms with Gasteiger partial charge in [-0.2, -0.15) is 0 Å². The van der Waals surface area contributed by atoms with Gasteiger partial charge in [0.1, 0.15) is 6.10 Å². The van der Waals surface area contributed by atoms with Crippen LogP contribution in [0.2, 0.25) is 0 Å². The van der Waals surface area contributed by atoms with Crippen LogP contribution in [0.5, 0.6) is 0 Å². The van der Waals surface area contributed by atoms with Crippen LogP contribution in [0.4, 0.5) is 0 Å². The van der Waals surface area contributed by atoms with E-state index in [2.05, 4.69) is 59.5 Å². The minimum absolute atomic E-state index is 0.0136. The van der Waals surface area contributed by atoms with E-state index in [0.29, 0.717) is 12.3 Å². The highest BCUT2D eigenvalue weighted by Gasteiger charge is 2.56. The van der Waals surface area contributed by atoms with E-state index >= 15 is 0 Å². The molecule has 3 atom stereocenters. The Hall–Kier alpha value is -2.13. The largest absolute Gasteiger partial charge is 0.461 e. The highest BCUT2D eigenvalue weighted by Crippen LogP contribution is 2.52. The third-order valence-electron chi connectivity index (χ3n) is 6.42. The number of rotatable bonds is 2. The summed E-state index contributed by atoms with van der Waals surface area (Å²) in [4.78, 5) is 14.6. The lowest BCUT2D eigenvalue weighted by atomic mass is 9.65. The molecule has 2 fully saturated rings. The molecule has 0 aromatic heterocycles. The molecular formula is C22H23NO2. The topological polar surface area (TPSA) is 29.5 Å². The van der Waals surface area contributed by atoms with E-state index in [0.717, 1.165) is 32.5 Å². The maximum absolute atomic E-state index is 12.1. The van der Waals surface area contributed by atoms with Crippen LogP contribution in [0.3, 0.4) is 0 Å². The molecule has 0 amide bonds. The van der Waals surface area contributed by atoms with E-state index in [1.54, 1.807) is 0 Å². The highest BCUT2D eigenvalue weighted by molar-refractivity contribution is 5.73. The third kappa shape index (κ3) is 2.41. The molecule has 3 heteroatoms. The molecule has 25 heavy (non-hydrogen) atoms. The Morgan fingerprint density at radius 3 is 2.76 bits per heavy atom. The molecule has 0 saturated carbocycles. The summed E-state index contributed by atoms with van der Waals surface area (Å²) in [7, 11) is 0. The summed E-state index contributed by atoms with van der Waals surface area (Å²) in [6.07, 6.45) is 2.87. The van der Waals surface area contributed by atoms with Gasteiger partial charge < -0.3 is 4.74 Å². The van der Waals surface area contributed by atoms with Crippen molar-refractivity contribution in [1.29, 1.82) is 0 Å². The molecule has 0 N–H and O–H groups in total. The van der Waals surface area contributed by atoms with Gasteiger partial charge in [-0.05, 0) is 29.5 Å². The van der Waals surface area contributed by atoms with Gasteiger partial charge in [-0.15, -0.1) is 0 Å². The minimum atomic E-state index is -0.0136. The zero-order chi connectivity index (χ0) is 16.9. The Morgan fingerprint density at radius 1 is 1.08 bits per heavy atom. The van der Waals surface area contributed by atoms with Crippen LogP contribution in [0.1, 0.15) is 29.5 Å². The van der Waals surface area contributed by atoms with Crippen LogP contribution in [-0.2, 0) is 27.9 Å². The van der Waals surface area contributed by atoms with Gasteiger partial charge in [0.05, 0.1) is 6.42 Å². The molecule has 1 aliphatic carbocycles. The first-order valence-corrected chi connectivity index (χ1v) is 9.29. The lowest BCUT2D eigenvalue weighted by Gasteiger charge is -2.47. The first-order chi connectivity index (χ1) is 12.2. The molecule has 1 spiro atoms. The number of nitrogens with zero attached hydrogens (tertiary/aromatic N) is 1. The van der Waals surface area contributed by atoms with Gasteiger partial charge in [0.2, 0.25) is 0 Å². The molecule has 128 valence electrons. The maximum Gasteiger partial charge on any atom is 0.306 e. The summed E-state index contributed by atoms with van der Waals surface area (Å²) in [5, 5.41) is 0. The minimum Gasteiger partial charge on any atom is -0.461 e. The number of aryl methyl sites for hydroxylation is 1. The second kappa shape index (κ2) is 5.70. The Balaban J connectivity index is 1.52. The standard InChI is InChI=1S/C22H23NO2/c24-21-12-19-20(25-21)14-23(13-16-6-2-1-3-7-16)15-22(19)11-10-17-8-4-5-9-18(17)22/h1-9,19-20H,10-15H2/t19-,20-,22+/m0/s1. The fourth-order valence-electron chi connectivity index (χ4n) is 5.39. The summed E-state index contributed by atoms with van der Waals surface area (Å²) in [5.41, 5.74) is 4.32. The van der Waals surface area contributed by atoms with Gasteiger partial charge in [-0.25, -0.2) is 0 Å². The molecular weight excluding hydrogens is 310 g/mol. The first kappa shape index (κ1) is 15.2. The maximum atomic E-state index is 12.1. The van der Waals surface area contributed by atoms with E-state index in [1.807, 2.05) is 0 Å². The molecule has 3 nitrogen and oxygen atoms in total.